The zero-order valence-corrected chi connectivity index (χ0v) is 15.2. The summed E-state index contributed by atoms with van der Waals surface area (Å²) in [6.07, 6.45) is -1.07. The first kappa shape index (κ1) is 20.4. The van der Waals surface area contributed by atoms with E-state index in [2.05, 4.69) is 5.32 Å². The van der Waals surface area contributed by atoms with Crippen LogP contribution in [0.15, 0.2) is 60.7 Å². The molecular formula is C20H21F2NO4. The molecule has 2 aromatic rings. The summed E-state index contributed by atoms with van der Waals surface area (Å²) < 4.78 is 39.6. The molecule has 7 heteroatoms. The van der Waals surface area contributed by atoms with E-state index < -0.39 is 29.6 Å². The summed E-state index contributed by atoms with van der Waals surface area (Å²) >= 11 is 0. The average molecular weight is 377 g/mol. The molecule has 2 aromatic carbocycles. The third-order valence-electron chi connectivity index (χ3n) is 3.38. The molecule has 1 N–H and O–H groups in total. The Bertz CT molecular complexity index is 774. The average Bonchev–Trinajstić information content (AvgIpc) is 2.59. The van der Waals surface area contributed by atoms with Gasteiger partial charge in [-0.25, -0.2) is 9.59 Å². The van der Waals surface area contributed by atoms with Gasteiger partial charge in [-0.1, -0.05) is 48.5 Å². The van der Waals surface area contributed by atoms with Crippen LogP contribution in [0.25, 0.3) is 0 Å². The van der Waals surface area contributed by atoms with E-state index in [4.69, 9.17) is 9.47 Å². The number of carbonyl (C=O) groups excluding carboxylic acids is 2. The second-order valence-electron chi connectivity index (χ2n) is 6.82. The lowest BCUT2D eigenvalue weighted by Crippen LogP contribution is -2.48. The molecule has 0 aliphatic carbocycles. The highest BCUT2D eigenvalue weighted by Gasteiger charge is 2.51. The number of hydrogen-bond donors (Lipinski definition) is 1. The Kier molecular flexibility index (Phi) is 6.15. The van der Waals surface area contributed by atoms with Gasteiger partial charge in [-0.3, -0.25) is 0 Å². The fourth-order valence-corrected chi connectivity index (χ4v) is 2.24. The molecule has 0 heterocycles. The molecule has 0 spiro atoms. The second kappa shape index (κ2) is 8.16. The normalized spacial score (nSPS) is 12.8. The second-order valence-corrected chi connectivity index (χ2v) is 6.82. The standard InChI is InChI=1S/C20H21F2NO4/c1-19(2,3)27-18(25)23-16(14-10-6-4-7-11-14)20(21,22)17(24)26-15-12-8-5-9-13-15/h4-13,16H,1-3H3,(H,23,25)/t16-/m0/s1. The van der Waals surface area contributed by atoms with Gasteiger partial charge in [-0.2, -0.15) is 8.78 Å². The minimum absolute atomic E-state index is 0.0220. The molecule has 0 unspecified atom stereocenters. The summed E-state index contributed by atoms with van der Waals surface area (Å²) in [5.41, 5.74) is -0.844. The van der Waals surface area contributed by atoms with E-state index >= 15 is 0 Å². The smallest absolute Gasteiger partial charge is 0.408 e. The van der Waals surface area contributed by atoms with Gasteiger partial charge in [-0.05, 0) is 38.5 Å². The summed E-state index contributed by atoms with van der Waals surface area (Å²) in [6, 6.07) is 13.0. The number of amides is 1. The minimum atomic E-state index is -4.03. The van der Waals surface area contributed by atoms with Crippen molar-refractivity contribution in [2.45, 2.75) is 38.3 Å². The molecule has 0 aliphatic heterocycles. The van der Waals surface area contributed by atoms with Crippen molar-refractivity contribution in [2.24, 2.45) is 0 Å². The van der Waals surface area contributed by atoms with Crippen LogP contribution in [0.4, 0.5) is 13.6 Å². The van der Waals surface area contributed by atoms with Crippen LogP contribution in [0.5, 0.6) is 5.75 Å². The third kappa shape index (κ3) is 5.77. The number of alkyl halides is 2. The number of ether oxygens (including phenoxy) is 2. The Morgan fingerprint density at radius 2 is 1.44 bits per heavy atom. The summed E-state index contributed by atoms with van der Waals surface area (Å²) in [7, 11) is 0. The van der Waals surface area contributed by atoms with Crippen molar-refractivity contribution in [3.63, 3.8) is 0 Å². The lowest BCUT2D eigenvalue weighted by molar-refractivity contribution is -0.166. The van der Waals surface area contributed by atoms with Crippen LogP contribution in [-0.4, -0.2) is 23.6 Å². The molecule has 144 valence electrons. The number of nitrogens with one attached hydrogen (secondary N) is 1. The van der Waals surface area contributed by atoms with Crippen molar-refractivity contribution < 1.29 is 27.8 Å². The number of halogens is 2. The van der Waals surface area contributed by atoms with Crippen LogP contribution in [0, 0.1) is 0 Å². The van der Waals surface area contributed by atoms with E-state index in [1.807, 2.05) is 0 Å². The predicted molar refractivity (Wildman–Crippen MR) is 95.6 cm³/mol. The first-order chi connectivity index (χ1) is 12.6. The summed E-state index contributed by atoms with van der Waals surface area (Å²) in [6.45, 7) is 4.81. The molecule has 0 fully saturated rings. The fraction of sp³-hybridized carbons (Fsp3) is 0.300. The Balaban J connectivity index is 2.27. The van der Waals surface area contributed by atoms with Gasteiger partial charge in [0.1, 0.15) is 17.4 Å². The van der Waals surface area contributed by atoms with E-state index in [0.717, 1.165) is 0 Å². The number of carbonyl (C=O) groups is 2. The van der Waals surface area contributed by atoms with Gasteiger partial charge in [0.05, 0.1) is 0 Å². The van der Waals surface area contributed by atoms with Crippen LogP contribution < -0.4 is 10.1 Å². The summed E-state index contributed by atoms with van der Waals surface area (Å²) in [4.78, 5) is 24.2. The zero-order valence-electron chi connectivity index (χ0n) is 15.2. The topological polar surface area (TPSA) is 64.6 Å². The summed E-state index contributed by atoms with van der Waals surface area (Å²) in [5, 5.41) is 2.08. The zero-order chi connectivity index (χ0) is 20.1. The van der Waals surface area contributed by atoms with Gasteiger partial charge in [0.25, 0.3) is 0 Å². The quantitative estimate of drug-likeness (QED) is 0.616. The number of hydrogen-bond acceptors (Lipinski definition) is 4. The minimum Gasteiger partial charge on any atom is -0.444 e. The van der Waals surface area contributed by atoms with Gasteiger partial charge in [0.2, 0.25) is 0 Å². The van der Waals surface area contributed by atoms with Crippen molar-refractivity contribution in [2.75, 3.05) is 0 Å². The number of esters is 1. The molecule has 0 radical (unpaired) electrons. The Morgan fingerprint density at radius 3 is 1.96 bits per heavy atom. The largest absolute Gasteiger partial charge is 0.444 e. The third-order valence-corrected chi connectivity index (χ3v) is 3.38. The van der Waals surface area contributed by atoms with Crippen LogP contribution >= 0.6 is 0 Å². The SMILES string of the molecule is CC(C)(C)OC(=O)N[C@@H](c1ccccc1)C(F)(F)C(=O)Oc1ccccc1. The highest BCUT2D eigenvalue weighted by atomic mass is 19.3. The molecule has 27 heavy (non-hydrogen) atoms. The number of para-hydroxylation sites is 1. The fourth-order valence-electron chi connectivity index (χ4n) is 2.24. The van der Waals surface area contributed by atoms with Gasteiger partial charge < -0.3 is 14.8 Å². The molecule has 0 aliphatic rings. The monoisotopic (exact) mass is 377 g/mol. The number of benzene rings is 2. The highest BCUT2D eigenvalue weighted by molar-refractivity contribution is 5.82. The molecule has 0 aromatic heterocycles. The lowest BCUT2D eigenvalue weighted by Gasteiger charge is -2.28. The van der Waals surface area contributed by atoms with Crippen molar-refractivity contribution in [3.05, 3.63) is 66.2 Å². The van der Waals surface area contributed by atoms with Crippen molar-refractivity contribution >= 4 is 12.1 Å². The molecule has 1 atom stereocenters. The van der Waals surface area contributed by atoms with Crippen LogP contribution in [0.1, 0.15) is 32.4 Å². The van der Waals surface area contributed by atoms with Gasteiger partial charge in [0, 0.05) is 0 Å². The van der Waals surface area contributed by atoms with E-state index in [0.29, 0.717) is 0 Å². The van der Waals surface area contributed by atoms with E-state index in [9.17, 15) is 18.4 Å². The predicted octanol–water partition coefficient (Wildman–Crippen LogP) is 4.49. The molecule has 2 rings (SSSR count). The van der Waals surface area contributed by atoms with Crippen molar-refractivity contribution in [1.29, 1.82) is 0 Å². The van der Waals surface area contributed by atoms with Gasteiger partial charge >= 0.3 is 18.0 Å². The maximum absolute atomic E-state index is 14.9. The molecule has 5 nitrogen and oxygen atoms in total. The van der Waals surface area contributed by atoms with Crippen molar-refractivity contribution in [3.8, 4) is 5.75 Å². The van der Waals surface area contributed by atoms with Gasteiger partial charge in [0.15, 0.2) is 0 Å². The molecule has 0 saturated carbocycles. The van der Waals surface area contributed by atoms with Crippen molar-refractivity contribution in [1.82, 2.24) is 5.32 Å². The van der Waals surface area contributed by atoms with E-state index in [1.165, 1.54) is 36.4 Å². The van der Waals surface area contributed by atoms with Crippen LogP contribution in [0.3, 0.4) is 0 Å². The molecule has 1 amide bonds. The Hall–Kier alpha value is -2.96. The molecule has 0 saturated heterocycles. The Labute approximate surface area is 156 Å². The van der Waals surface area contributed by atoms with E-state index in [-0.39, 0.29) is 11.3 Å². The van der Waals surface area contributed by atoms with Crippen LogP contribution in [0.2, 0.25) is 0 Å². The summed E-state index contributed by atoms with van der Waals surface area (Å²) in [5.74, 6) is -5.83. The van der Waals surface area contributed by atoms with Crippen LogP contribution in [-0.2, 0) is 9.53 Å². The highest BCUT2D eigenvalue weighted by Crippen LogP contribution is 2.33. The van der Waals surface area contributed by atoms with E-state index in [1.54, 1.807) is 45.0 Å². The number of alkyl carbamates (subject to hydrolysis) is 1. The first-order valence-electron chi connectivity index (χ1n) is 8.29. The number of rotatable bonds is 5. The molecule has 0 bridgehead atoms. The first-order valence-corrected chi connectivity index (χ1v) is 8.29. The molecular weight excluding hydrogens is 356 g/mol. The van der Waals surface area contributed by atoms with Gasteiger partial charge in [-0.15, -0.1) is 0 Å². The maximum atomic E-state index is 14.9. The lowest BCUT2D eigenvalue weighted by atomic mass is 10.0. The maximum Gasteiger partial charge on any atom is 0.408 e. The Morgan fingerprint density at radius 1 is 0.926 bits per heavy atom.